The summed E-state index contributed by atoms with van der Waals surface area (Å²) in [7, 11) is 0. The first-order valence-corrected chi connectivity index (χ1v) is 6.52. The summed E-state index contributed by atoms with van der Waals surface area (Å²) < 4.78 is 0. The van der Waals surface area contributed by atoms with Gasteiger partial charge in [-0.3, -0.25) is 9.59 Å². The molecule has 1 aromatic rings. The normalized spacial score (nSPS) is 31.9. The van der Waals surface area contributed by atoms with Gasteiger partial charge < -0.3 is 10.2 Å². The largest absolute Gasteiger partial charge is 0.328 e. The highest BCUT2D eigenvalue weighted by atomic mass is 16.2. The molecule has 0 aromatic heterocycles. The first-order chi connectivity index (χ1) is 9.12. The van der Waals surface area contributed by atoms with E-state index < -0.39 is 5.54 Å². The molecule has 3 aliphatic heterocycles. The molecule has 0 spiro atoms. The summed E-state index contributed by atoms with van der Waals surface area (Å²) in [5.41, 5.74) is 1.91. The van der Waals surface area contributed by atoms with Crippen molar-refractivity contribution in [2.24, 2.45) is 5.92 Å². The van der Waals surface area contributed by atoms with Gasteiger partial charge in [0, 0.05) is 23.7 Å². The Labute approximate surface area is 111 Å². The quantitative estimate of drug-likeness (QED) is 0.824. The van der Waals surface area contributed by atoms with Crippen molar-refractivity contribution in [1.82, 2.24) is 10.2 Å². The number of carbonyl (C=O) groups is 2. The zero-order valence-corrected chi connectivity index (χ0v) is 10.5. The maximum atomic E-state index is 12.5. The van der Waals surface area contributed by atoms with E-state index in [-0.39, 0.29) is 11.8 Å². The molecule has 1 saturated carbocycles. The van der Waals surface area contributed by atoms with E-state index in [2.05, 4.69) is 11.9 Å². The number of carbonyl (C=O) groups excluding carboxylic acids is 2. The number of piperidine rings is 2. The lowest BCUT2D eigenvalue weighted by Gasteiger charge is -2.55. The van der Waals surface area contributed by atoms with Crippen LogP contribution in [0.25, 0.3) is 0 Å². The van der Waals surface area contributed by atoms with E-state index in [1.165, 1.54) is 0 Å². The van der Waals surface area contributed by atoms with Crippen LogP contribution in [0.15, 0.2) is 36.5 Å². The summed E-state index contributed by atoms with van der Waals surface area (Å²) in [6.45, 7) is 4.41. The van der Waals surface area contributed by atoms with Gasteiger partial charge in [-0.2, -0.15) is 0 Å². The Hall–Kier alpha value is -2.10. The number of rotatable bonds is 1. The topological polar surface area (TPSA) is 49.4 Å². The van der Waals surface area contributed by atoms with Crippen LogP contribution in [0.4, 0.5) is 0 Å². The number of nitrogens with zero attached hydrogens (tertiary/aromatic N) is 1. The lowest BCUT2D eigenvalue weighted by molar-refractivity contribution is -0.144. The van der Waals surface area contributed by atoms with Crippen molar-refractivity contribution < 1.29 is 9.59 Å². The molecule has 4 nitrogen and oxygen atoms in total. The van der Waals surface area contributed by atoms with Crippen LogP contribution in [0, 0.1) is 5.92 Å². The average Bonchev–Trinajstić information content (AvgIpc) is 2.66. The number of allylic oxidation sites excluding steroid dienone is 1. The SMILES string of the molecule is C=C1NC(=O)C2(N3Cc4ccccc4C3=O)CC1C2. The molecular weight excluding hydrogens is 240 g/mol. The molecule has 0 unspecified atom stereocenters. The first kappa shape index (κ1) is 10.8. The van der Waals surface area contributed by atoms with Crippen LogP contribution in [-0.2, 0) is 11.3 Å². The number of hydrogen-bond acceptors (Lipinski definition) is 2. The van der Waals surface area contributed by atoms with E-state index >= 15 is 0 Å². The molecule has 4 aliphatic rings. The van der Waals surface area contributed by atoms with E-state index in [9.17, 15) is 9.59 Å². The van der Waals surface area contributed by atoms with Crippen LogP contribution in [-0.4, -0.2) is 22.3 Å². The summed E-state index contributed by atoms with van der Waals surface area (Å²) >= 11 is 0. The molecule has 1 aliphatic carbocycles. The van der Waals surface area contributed by atoms with Crippen molar-refractivity contribution in [3.05, 3.63) is 47.7 Å². The zero-order valence-electron chi connectivity index (χ0n) is 10.5. The molecular formula is C15H14N2O2. The fraction of sp³-hybridized carbons (Fsp3) is 0.333. The van der Waals surface area contributed by atoms with Crippen molar-refractivity contribution in [2.75, 3.05) is 0 Å². The summed E-state index contributed by atoms with van der Waals surface area (Å²) in [5.74, 6) is 0.243. The molecule has 1 N–H and O–H groups in total. The fourth-order valence-electron chi connectivity index (χ4n) is 3.49. The second kappa shape index (κ2) is 3.26. The molecule has 4 heteroatoms. The Kier molecular flexibility index (Phi) is 1.85. The van der Waals surface area contributed by atoms with E-state index in [0.29, 0.717) is 12.5 Å². The molecule has 2 amide bonds. The zero-order chi connectivity index (χ0) is 13.2. The predicted octanol–water partition coefficient (Wildman–Crippen LogP) is 1.43. The second-order valence-electron chi connectivity index (χ2n) is 5.66. The van der Waals surface area contributed by atoms with Crippen LogP contribution in [0.1, 0.15) is 28.8 Å². The minimum Gasteiger partial charge on any atom is -0.328 e. The molecule has 2 bridgehead atoms. The molecule has 2 saturated heterocycles. The van der Waals surface area contributed by atoms with Gasteiger partial charge >= 0.3 is 0 Å². The Bertz CT molecular complexity index is 629. The molecule has 96 valence electrons. The third-order valence-electron chi connectivity index (χ3n) is 4.70. The van der Waals surface area contributed by atoms with Gasteiger partial charge in [0.05, 0.1) is 0 Å². The molecule has 0 radical (unpaired) electrons. The molecule has 19 heavy (non-hydrogen) atoms. The van der Waals surface area contributed by atoms with Gasteiger partial charge in [0.2, 0.25) is 5.91 Å². The van der Waals surface area contributed by atoms with Crippen molar-refractivity contribution in [1.29, 1.82) is 0 Å². The molecule has 3 heterocycles. The minimum absolute atomic E-state index is 0.0169. The first-order valence-electron chi connectivity index (χ1n) is 6.52. The number of hydrogen-bond donors (Lipinski definition) is 1. The van der Waals surface area contributed by atoms with Crippen LogP contribution < -0.4 is 5.32 Å². The number of benzene rings is 1. The van der Waals surface area contributed by atoms with Crippen molar-refractivity contribution >= 4 is 11.8 Å². The van der Waals surface area contributed by atoms with Crippen molar-refractivity contribution in [3.63, 3.8) is 0 Å². The average molecular weight is 254 g/mol. The Balaban J connectivity index is 1.72. The Morgan fingerprint density at radius 2 is 2.00 bits per heavy atom. The van der Waals surface area contributed by atoms with E-state index in [0.717, 1.165) is 29.7 Å². The smallest absolute Gasteiger partial charge is 0.255 e. The van der Waals surface area contributed by atoms with Crippen molar-refractivity contribution in [2.45, 2.75) is 24.9 Å². The maximum absolute atomic E-state index is 12.5. The predicted molar refractivity (Wildman–Crippen MR) is 69.1 cm³/mol. The van der Waals surface area contributed by atoms with Crippen LogP contribution in [0.5, 0.6) is 0 Å². The summed E-state index contributed by atoms with van der Waals surface area (Å²) in [5, 5.41) is 2.82. The van der Waals surface area contributed by atoms with Crippen LogP contribution in [0.2, 0.25) is 0 Å². The van der Waals surface area contributed by atoms with E-state index in [4.69, 9.17) is 0 Å². The number of nitrogens with one attached hydrogen (secondary N) is 1. The minimum atomic E-state index is -0.637. The molecule has 0 atom stereocenters. The Morgan fingerprint density at radius 3 is 2.68 bits per heavy atom. The molecule has 1 aromatic carbocycles. The highest BCUT2D eigenvalue weighted by Crippen LogP contribution is 2.51. The van der Waals surface area contributed by atoms with Gasteiger partial charge in [-0.1, -0.05) is 24.8 Å². The van der Waals surface area contributed by atoms with Gasteiger partial charge in [-0.25, -0.2) is 0 Å². The summed E-state index contributed by atoms with van der Waals surface area (Å²) in [6.07, 6.45) is 1.44. The van der Waals surface area contributed by atoms with Gasteiger partial charge in [0.1, 0.15) is 5.54 Å². The lowest BCUT2D eigenvalue weighted by atomic mass is 9.62. The molecule has 3 fully saturated rings. The van der Waals surface area contributed by atoms with Gasteiger partial charge in [-0.15, -0.1) is 0 Å². The monoisotopic (exact) mass is 254 g/mol. The van der Waals surface area contributed by atoms with Gasteiger partial charge in [0.15, 0.2) is 0 Å². The summed E-state index contributed by atoms with van der Waals surface area (Å²) in [4.78, 5) is 26.5. The third-order valence-corrected chi connectivity index (χ3v) is 4.70. The third kappa shape index (κ3) is 1.19. The fourth-order valence-corrected chi connectivity index (χ4v) is 3.49. The van der Waals surface area contributed by atoms with Crippen LogP contribution in [0.3, 0.4) is 0 Å². The highest BCUT2D eigenvalue weighted by Gasteiger charge is 2.61. The van der Waals surface area contributed by atoms with E-state index in [1.807, 2.05) is 24.3 Å². The second-order valence-corrected chi connectivity index (χ2v) is 5.66. The van der Waals surface area contributed by atoms with Crippen LogP contribution >= 0.6 is 0 Å². The Morgan fingerprint density at radius 1 is 1.26 bits per heavy atom. The molecule has 5 rings (SSSR count). The lowest BCUT2D eigenvalue weighted by Crippen LogP contribution is -2.70. The highest BCUT2D eigenvalue weighted by molar-refractivity contribution is 6.03. The van der Waals surface area contributed by atoms with Crippen molar-refractivity contribution in [3.8, 4) is 0 Å². The summed E-state index contributed by atoms with van der Waals surface area (Å²) in [6, 6.07) is 7.59. The van der Waals surface area contributed by atoms with E-state index in [1.54, 1.807) is 4.90 Å². The standard InChI is InChI=1S/C15H14N2O2/c1-9-11-6-15(7-11,14(19)16-9)17-8-10-4-2-3-5-12(10)13(17)18/h2-5,11H,1,6-8H2,(H,16,19). The van der Waals surface area contributed by atoms with Gasteiger partial charge in [-0.05, 0) is 24.5 Å². The number of amides is 2. The number of fused-ring (bicyclic) bond motifs is 3. The van der Waals surface area contributed by atoms with Gasteiger partial charge in [0.25, 0.3) is 5.91 Å². The maximum Gasteiger partial charge on any atom is 0.255 e.